The van der Waals surface area contributed by atoms with Crippen molar-refractivity contribution in [3.05, 3.63) is 35.9 Å². The van der Waals surface area contributed by atoms with E-state index >= 15 is 0 Å². The molecule has 0 aliphatic carbocycles. The van der Waals surface area contributed by atoms with Crippen molar-refractivity contribution < 1.29 is 4.74 Å². The van der Waals surface area contributed by atoms with E-state index in [-0.39, 0.29) is 6.04 Å². The molecule has 0 aromatic heterocycles. The minimum atomic E-state index is 0.179. The predicted molar refractivity (Wildman–Crippen MR) is 65.0 cm³/mol. The quantitative estimate of drug-likeness (QED) is 0.850. The first-order valence-electron chi connectivity index (χ1n) is 5.31. The van der Waals surface area contributed by atoms with Crippen LogP contribution in [-0.4, -0.2) is 24.5 Å². The summed E-state index contributed by atoms with van der Waals surface area (Å²) in [5, 5.41) is 1.02. The molecule has 1 aromatic rings. The molecule has 2 rings (SSSR count). The van der Waals surface area contributed by atoms with E-state index in [2.05, 4.69) is 31.2 Å². The van der Waals surface area contributed by atoms with Crippen molar-refractivity contribution in [1.29, 1.82) is 0 Å². The topological polar surface area (TPSA) is 35.2 Å². The van der Waals surface area contributed by atoms with E-state index in [1.807, 2.05) is 17.8 Å². The molecule has 2 nitrogen and oxygen atoms in total. The van der Waals surface area contributed by atoms with Crippen molar-refractivity contribution in [2.45, 2.75) is 23.5 Å². The first-order chi connectivity index (χ1) is 7.27. The van der Waals surface area contributed by atoms with E-state index in [0.717, 1.165) is 13.2 Å². The second-order valence-electron chi connectivity index (χ2n) is 3.99. The van der Waals surface area contributed by atoms with Crippen LogP contribution in [0.5, 0.6) is 0 Å². The Bertz CT molecular complexity index is 298. The Morgan fingerprint density at radius 1 is 1.33 bits per heavy atom. The second kappa shape index (κ2) is 5.01. The van der Waals surface area contributed by atoms with Gasteiger partial charge in [-0.25, -0.2) is 0 Å². The Kier molecular flexibility index (Phi) is 3.67. The fourth-order valence-corrected chi connectivity index (χ4v) is 2.98. The average Bonchev–Trinajstić information content (AvgIpc) is 2.17. The highest BCUT2D eigenvalue weighted by atomic mass is 32.2. The van der Waals surface area contributed by atoms with Gasteiger partial charge in [0.2, 0.25) is 0 Å². The number of nitrogens with two attached hydrogens (primary N) is 1. The third kappa shape index (κ3) is 2.74. The van der Waals surface area contributed by atoms with E-state index in [1.165, 1.54) is 5.56 Å². The normalized spacial score (nSPS) is 20.7. The van der Waals surface area contributed by atoms with E-state index < -0.39 is 0 Å². The molecule has 1 saturated heterocycles. The fraction of sp³-hybridized carbons (Fsp3) is 0.500. The van der Waals surface area contributed by atoms with Gasteiger partial charge in [-0.2, -0.15) is 0 Å². The van der Waals surface area contributed by atoms with E-state index in [9.17, 15) is 0 Å². The second-order valence-corrected chi connectivity index (χ2v) is 5.43. The lowest BCUT2D eigenvalue weighted by Crippen LogP contribution is -2.34. The third-order valence-corrected chi connectivity index (χ3v) is 4.20. The zero-order valence-electron chi connectivity index (χ0n) is 8.93. The van der Waals surface area contributed by atoms with Crippen molar-refractivity contribution in [2.75, 3.05) is 13.2 Å². The summed E-state index contributed by atoms with van der Waals surface area (Å²) in [7, 11) is 0. The van der Waals surface area contributed by atoms with Gasteiger partial charge in [0.1, 0.15) is 0 Å². The largest absolute Gasteiger partial charge is 0.379 e. The predicted octanol–water partition coefficient (Wildman–Crippen LogP) is 2.21. The van der Waals surface area contributed by atoms with Gasteiger partial charge in [-0.15, -0.1) is 11.8 Å². The maximum Gasteiger partial charge on any atom is 0.0608 e. The third-order valence-electron chi connectivity index (χ3n) is 2.55. The summed E-state index contributed by atoms with van der Waals surface area (Å²) in [4.78, 5) is 0. The molecule has 0 radical (unpaired) electrons. The van der Waals surface area contributed by atoms with Crippen LogP contribution in [0, 0.1) is 0 Å². The van der Waals surface area contributed by atoms with Crippen LogP contribution in [0.25, 0.3) is 0 Å². The molecule has 2 unspecified atom stereocenters. The summed E-state index contributed by atoms with van der Waals surface area (Å²) < 4.78 is 5.19. The molecule has 0 spiro atoms. The molecule has 0 saturated carbocycles. The molecule has 3 heteroatoms. The summed E-state index contributed by atoms with van der Waals surface area (Å²) in [6.07, 6.45) is 0. The summed E-state index contributed by atoms with van der Waals surface area (Å²) in [6, 6.07) is 10.7. The molecule has 1 aromatic carbocycles. The van der Waals surface area contributed by atoms with Crippen molar-refractivity contribution >= 4 is 11.8 Å². The maximum atomic E-state index is 6.03. The lowest BCUT2D eigenvalue weighted by Gasteiger charge is -2.31. The van der Waals surface area contributed by atoms with Crippen LogP contribution in [0.4, 0.5) is 0 Å². The zero-order valence-corrected chi connectivity index (χ0v) is 9.74. The lowest BCUT2D eigenvalue weighted by atomic mass is 10.1. The Hall–Kier alpha value is -0.510. The number of benzene rings is 1. The monoisotopic (exact) mass is 223 g/mol. The smallest absolute Gasteiger partial charge is 0.0608 e. The van der Waals surface area contributed by atoms with Crippen molar-refractivity contribution in [3.8, 4) is 0 Å². The first-order valence-corrected chi connectivity index (χ1v) is 6.25. The molecular weight excluding hydrogens is 206 g/mol. The molecule has 2 atom stereocenters. The van der Waals surface area contributed by atoms with Crippen LogP contribution in [0.15, 0.2) is 30.3 Å². The van der Waals surface area contributed by atoms with Crippen LogP contribution in [0.3, 0.4) is 0 Å². The summed E-state index contributed by atoms with van der Waals surface area (Å²) in [5.74, 6) is 0. The van der Waals surface area contributed by atoms with E-state index in [0.29, 0.717) is 10.5 Å². The Balaban J connectivity index is 2.05. The minimum absolute atomic E-state index is 0.179. The first kappa shape index (κ1) is 11.0. The van der Waals surface area contributed by atoms with Crippen LogP contribution in [-0.2, 0) is 4.74 Å². The van der Waals surface area contributed by atoms with Crippen LogP contribution < -0.4 is 5.73 Å². The molecule has 1 aliphatic heterocycles. The van der Waals surface area contributed by atoms with Gasteiger partial charge < -0.3 is 10.5 Å². The van der Waals surface area contributed by atoms with E-state index in [1.54, 1.807) is 0 Å². The lowest BCUT2D eigenvalue weighted by molar-refractivity contribution is 0.0452. The maximum absolute atomic E-state index is 6.03. The number of ether oxygens (including phenoxy) is 1. The van der Waals surface area contributed by atoms with Gasteiger partial charge >= 0.3 is 0 Å². The molecule has 0 bridgehead atoms. The molecule has 2 N–H and O–H groups in total. The highest BCUT2D eigenvalue weighted by molar-refractivity contribution is 8.00. The number of rotatable bonds is 4. The van der Waals surface area contributed by atoms with Crippen molar-refractivity contribution in [3.63, 3.8) is 0 Å². The summed E-state index contributed by atoms with van der Waals surface area (Å²) in [5.41, 5.74) is 7.36. The molecule has 15 heavy (non-hydrogen) atoms. The number of thioether (sulfide) groups is 1. The van der Waals surface area contributed by atoms with Gasteiger partial charge in [0.25, 0.3) is 0 Å². The summed E-state index contributed by atoms with van der Waals surface area (Å²) >= 11 is 1.94. The van der Waals surface area contributed by atoms with Gasteiger partial charge in [-0.1, -0.05) is 30.3 Å². The van der Waals surface area contributed by atoms with Gasteiger partial charge in [-0.3, -0.25) is 0 Å². The molecular formula is C12H17NOS. The molecule has 1 aliphatic rings. The fourth-order valence-electron chi connectivity index (χ4n) is 1.65. The standard InChI is InChI=1S/C12H17NOS/c1-9(13)12(15-11-7-14-8-11)10-5-3-2-4-6-10/h2-6,9,11-12H,7-8,13H2,1H3. The van der Waals surface area contributed by atoms with Crippen LogP contribution >= 0.6 is 11.8 Å². The highest BCUT2D eigenvalue weighted by Crippen LogP contribution is 2.36. The van der Waals surface area contributed by atoms with Gasteiger partial charge in [0, 0.05) is 11.3 Å². The molecule has 1 fully saturated rings. The number of hydrogen-bond acceptors (Lipinski definition) is 3. The Morgan fingerprint density at radius 3 is 2.47 bits per heavy atom. The Labute approximate surface area is 95.2 Å². The SMILES string of the molecule is CC(N)C(SC1COC1)c1ccccc1. The van der Waals surface area contributed by atoms with Crippen molar-refractivity contribution in [2.24, 2.45) is 5.73 Å². The molecule has 82 valence electrons. The van der Waals surface area contributed by atoms with Gasteiger partial charge in [-0.05, 0) is 12.5 Å². The van der Waals surface area contributed by atoms with Crippen LogP contribution in [0.1, 0.15) is 17.7 Å². The van der Waals surface area contributed by atoms with Gasteiger partial charge in [0.05, 0.1) is 18.5 Å². The molecule has 1 heterocycles. The average molecular weight is 223 g/mol. The minimum Gasteiger partial charge on any atom is -0.379 e. The molecule has 0 amide bonds. The van der Waals surface area contributed by atoms with Crippen molar-refractivity contribution in [1.82, 2.24) is 0 Å². The van der Waals surface area contributed by atoms with Gasteiger partial charge in [0.15, 0.2) is 0 Å². The summed E-state index contributed by atoms with van der Waals surface area (Å²) in [6.45, 7) is 3.83. The number of hydrogen-bond donors (Lipinski definition) is 1. The van der Waals surface area contributed by atoms with E-state index in [4.69, 9.17) is 10.5 Å². The zero-order chi connectivity index (χ0) is 10.7. The van der Waals surface area contributed by atoms with Crippen LogP contribution in [0.2, 0.25) is 0 Å². The Morgan fingerprint density at radius 2 is 2.00 bits per heavy atom. The highest BCUT2D eigenvalue weighted by Gasteiger charge is 2.26.